The number of para-hydroxylation sites is 1. The van der Waals surface area contributed by atoms with Gasteiger partial charge in [-0.25, -0.2) is 14.6 Å². The van der Waals surface area contributed by atoms with Crippen LogP contribution in [0.1, 0.15) is 42.4 Å². The Morgan fingerprint density at radius 3 is 2.53 bits per heavy atom. The number of likely N-dealkylation sites (tertiary alicyclic amines) is 1. The van der Waals surface area contributed by atoms with Gasteiger partial charge in [-0.15, -0.1) is 11.3 Å². The molecule has 1 saturated heterocycles. The lowest BCUT2D eigenvalue weighted by Crippen LogP contribution is -2.55. The summed E-state index contributed by atoms with van der Waals surface area (Å²) in [5, 5.41) is 6.69. The summed E-state index contributed by atoms with van der Waals surface area (Å²) in [6.45, 7) is 7.98. The quantitative estimate of drug-likeness (QED) is 0.240. The number of aromatic nitrogens is 1. The second kappa shape index (κ2) is 12.0. The second-order valence-corrected chi connectivity index (χ2v) is 13.1. The number of methoxy groups -OCH3 is 1. The Morgan fingerprint density at radius 1 is 1.04 bits per heavy atom. The standard InChI is InChI=1S/C33H35N5O6S/c1-19-15-22(43-21-9-7-6-8-10-21)11-12-24(19)38-25-13-14-34-30-26(25)27(36-31(38)40)28(45-30)29(39)35-20-16-23(42-5)18-37(17-20)32(41)44-33(2,3)4/h6-15,20,23H,16-18H2,1-5H3,(H,35,39)(H,36,40)/t20?,23-/m1/s1. The number of piperidine rings is 1. The second-order valence-electron chi connectivity index (χ2n) is 12.1. The van der Waals surface area contributed by atoms with E-state index in [0.717, 1.165) is 5.56 Å². The minimum absolute atomic E-state index is 0.271. The molecule has 1 fully saturated rings. The van der Waals surface area contributed by atoms with E-state index in [1.54, 1.807) is 29.2 Å². The fourth-order valence-corrected chi connectivity index (χ4v) is 6.63. The van der Waals surface area contributed by atoms with Crippen LogP contribution >= 0.6 is 11.3 Å². The van der Waals surface area contributed by atoms with E-state index in [2.05, 4.69) is 15.6 Å². The average molecular weight is 630 g/mol. The highest BCUT2D eigenvalue weighted by Crippen LogP contribution is 2.46. The molecule has 4 heterocycles. The van der Waals surface area contributed by atoms with Gasteiger partial charge in [0.2, 0.25) is 0 Å². The van der Waals surface area contributed by atoms with Crippen molar-refractivity contribution in [1.82, 2.24) is 15.2 Å². The number of pyridine rings is 1. The number of rotatable bonds is 6. The number of aryl methyl sites for hydroxylation is 1. The molecule has 11 nitrogen and oxygen atoms in total. The van der Waals surface area contributed by atoms with Crippen LogP contribution in [0.4, 0.5) is 26.7 Å². The molecule has 0 radical (unpaired) electrons. The van der Waals surface area contributed by atoms with Gasteiger partial charge in [-0.2, -0.15) is 0 Å². The molecular formula is C33H35N5O6S. The summed E-state index contributed by atoms with van der Waals surface area (Å²) < 4.78 is 17.1. The van der Waals surface area contributed by atoms with Gasteiger partial charge in [-0.3, -0.25) is 9.69 Å². The topological polar surface area (TPSA) is 122 Å². The number of carbonyl (C=O) groups excluding carboxylic acids is 3. The maximum atomic E-state index is 13.7. The molecule has 2 atom stereocenters. The number of nitrogens with one attached hydrogen (secondary N) is 2. The number of carbonyl (C=O) groups is 3. The fourth-order valence-electron chi connectivity index (χ4n) is 5.61. The predicted molar refractivity (Wildman–Crippen MR) is 173 cm³/mol. The Hall–Kier alpha value is -4.68. The monoisotopic (exact) mass is 629 g/mol. The number of anilines is 3. The SMILES string of the molecule is CO[C@@H]1CC(NC(=O)c2sc3nccc4c3c2NC(=O)N4c2ccc(Oc3ccccc3)cc2C)CN(C(=O)OC(C)(C)C)C1. The van der Waals surface area contributed by atoms with Gasteiger partial charge in [0.1, 0.15) is 26.8 Å². The first-order valence-electron chi connectivity index (χ1n) is 14.7. The Morgan fingerprint density at radius 2 is 1.82 bits per heavy atom. The van der Waals surface area contributed by atoms with Crippen molar-refractivity contribution < 1.29 is 28.6 Å². The summed E-state index contributed by atoms with van der Waals surface area (Å²) in [5.74, 6) is 1.00. The summed E-state index contributed by atoms with van der Waals surface area (Å²) in [5.41, 5.74) is 1.91. The minimum atomic E-state index is -0.650. The van der Waals surface area contributed by atoms with E-state index in [0.29, 0.717) is 56.6 Å². The molecule has 2 N–H and O–H groups in total. The molecule has 0 spiro atoms. The molecule has 2 aliphatic rings. The lowest BCUT2D eigenvalue weighted by Gasteiger charge is -2.38. The van der Waals surface area contributed by atoms with Crippen LogP contribution in [0, 0.1) is 6.92 Å². The van der Waals surface area contributed by atoms with Crippen molar-refractivity contribution in [2.75, 3.05) is 30.4 Å². The molecule has 4 aromatic rings. The molecule has 2 aromatic heterocycles. The first-order valence-corrected chi connectivity index (χ1v) is 15.5. The maximum absolute atomic E-state index is 13.7. The summed E-state index contributed by atoms with van der Waals surface area (Å²) in [6.07, 6.45) is 1.42. The van der Waals surface area contributed by atoms with Crippen LogP contribution in [0.2, 0.25) is 0 Å². The molecular weight excluding hydrogens is 594 g/mol. The molecule has 6 rings (SSSR count). The van der Waals surface area contributed by atoms with Gasteiger partial charge in [0, 0.05) is 25.9 Å². The first kappa shape index (κ1) is 30.4. The third kappa shape index (κ3) is 6.29. The lowest BCUT2D eigenvalue weighted by atomic mass is 10.0. The highest BCUT2D eigenvalue weighted by molar-refractivity contribution is 7.21. The summed E-state index contributed by atoms with van der Waals surface area (Å²) in [4.78, 5) is 48.8. The molecule has 234 valence electrons. The minimum Gasteiger partial charge on any atom is -0.457 e. The van der Waals surface area contributed by atoms with Crippen LogP contribution in [-0.4, -0.2) is 65.9 Å². The number of hydrogen-bond donors (Lipinski definition) is 2. The van der Waals surface area contributed by atoms with Gasteiger partial charge in [0.25, 0.3) is 5.91 Å². The molecule has 1 unspecified atom stereocenters. The Kier molecular flexibility index (Phi) is 8.10. The lowest BCUT2D eigenvalue weighted by molar-refractivity contribution is -0.0132. The van der Waals surface area contributed by atoms with Crippen molar-refractivity contribution in [1.29, 1.82) is 0 Å². The van der Waals surface area contributed by atoms with Crippen molar-refractivity contribution in [3.8, 4) is 11.5 Å². The molecule has 45 heavy (non-hydrogen) atoms. The van der Waals surface area contributed by atoms with Crippen molar-refractivity contribution in [3.63, 3.8) is 0 Å². The highest BCUT2D eigenvalue weighted by atomic mass is 32.1. The van der Waals surface area contributed by atoms with E-state index >= 15 is 0 Å². The zero-order valence-corrected chi connectivity index (χ0v) is 26.6. The van der Waals surface area contributed by atoms with Gasteiger partial charge in [-0.05, 0) is 76.1 Å². The number of thiophene rings is 1. The van der Waals surface area contributed by atoms with Gasteiger partial charge in [0.15, 0.2) is 0 Å². The van der Waals surface area contributed by atoms with Gasteiger partial charge >= 0.3 is 12.1 Å². The molecule has 0 bridgehead atoms. The van der Waals surface area contributed by atoms with Gasteiger partial charge in [-0.1, -0.05) is 18.2 Å². The molecule has 12 heteroatoms. The van der Waals surface area contributed by atoms with E-state index in [-0.39, 0.29) is 24.6 Å². The van der Waals surface area contributed by atoms with E-state index in [1.807, 2.05) is 76.2 Å². The Bertz CT molecular complexity index is 1770. The third-order valence-corrected chi connectivity index (χ3v) is 8.67. The number of hydrogen-bond acceptors (Lipinski definition) is 8. The Labute approximate surface area is 265 Å². The van der Waals surface area contributed by atoms with Crippen LogP contribution in [0.3, 0.4) is 0 Å². The molecule has 4 amide bonds. The summed E-state index contributed by atoms with van der Waals surface area (Å²) in [6, 6.07) is 16.0. The first-order chi connectivity index (χ1) is 21.5. The zero-order chi connectivity index (χ0) is 31.9. The van der Waals surface area contributed by atoms with E-state index in [1.165, 1.54) is 11.3 Å². The van der Waals surface area contributed by atoms with E-state index < -0.39 is 17.7 Å². The largest absolute Gasteiger partial charge is 0.457 e. The van der Waals surface area contributed by atoms with E-state index in [9.17, 15) is 14.4 Å². The van der Waals surface area contributed by atoms with Crippen molar-refractivity contribution >= 4 is 56.6 Å². The number of amides is 4. The van der Waals surface area contributed by atoms with Crippen LogP contribution in [-0.2, 0) is 9.47 Å². The van der Waals surface area contributed by atoms with Crippen LogP contribution in [0.5, 0.6) is 11.5 Å². The molecule has 0 aliphatic carbocycles. The predicted octanol–water partition coefficient (Wildman–Crippen LogP) is 6.83. The third-order valence-electron chi connectivity index (χ3n) is 7.57. The maximum Gasteiger partial charge on any atom is 0.410 e. The Balaban J connectivity index is 1.26. The number of urea groups is 1. The van der Waals surface area contributed by atoms with Crippen molar-refractivity contribution in [3.05, 3.63) is 71.2 Å². The van der Waals surface area contributed by atoms with E-state index in [4.69, 9.17) is 14.2 Å². The zero-order valence-electron chi connectivity index (χ0n) is 25.7. The van der Waals surface area contributed by atoms with Crippen LogP contribution < -0.4 is 20.3 Å². The molecule has 2 aromatic carbocycles. The fraction of sp³-hybridized carbons (Fsp3) is 0.333. The summed E-state index contributed by atoms with van der Waals surface area (Å²) in [7, 11) is 1.58. The molecule has 2 aliphatic heterocycles. The van der Waals surface area contributed by atoms with Crippen LogP contribution in [0.25, 0.3) is 10.2 Å². The highest BCUT2D eigenvalue weighted by Gasteiger charge is 2.36. The van der Waals surface area contributed by atoms with Crippen molar-refractivity contribution in [2.45, 2.75) is 51.9 Å². The molecule has 0 saturated carbocycles. The average Bonchev–Trinajstić information content (AvgIpc) is 3.37. The van der Waals surface area contributed by atoms with Gasteiger partial charge in [0.05, 0.1) is 35.1 Å². The number of nitrogens with zero attached hydrogens (tertiary/aromatic N) is 3. The van der Waals surface area contributed by atoms with Crippen LogP contribution in [0.15, 0.2) is 60.8 Å². The number of benzene rings is 2. The smallest absolute Gasteiger partial charge is 0.410 e. The summed E-state index contributed by atoms with van der Waals surface area (Å²) >= 11 is 1.21. The van der Waals surface area contributed by atoms with Crippen molar-refractivity contribution in [2.24, 2.45) is 0 Å². The normalized spacial score (nSPS) is 18.0. The number of ether oxygens (including phenoxy) is 3. The van der Waals surface area contributed by atoms with Gasteiger partial charge < -0.3 is 29.7 Å².